The maximum atomic E-state index is 12.3. The lowest BCUT2D eigenvalue weighted by Gasteiger charge is -2.31. The molecule has 5 heteroatoms. The topological polar surface area (TPSA) is 42.0 Å². The third kappa shape index (κ3) is 3.97. The van der Waals surface area contributed by atoms with Crippen molar-refractivity contribution >= 4 is 12.0 Å². The molecule has 5 nitrogen and oxygen atoms in total. The normalized spacial score (nSPS) is 18.4. The predicted molar refractivity (Wildman–Crippen MR) is 94.1 cm³/mol. The number of fused-ring (bicyclic) bond motifs is 1. The summed E-state index contributed by atoms with van der Waals surface area (Å²) in [5, 5.41) is 0. The zero-order chi connectivity index (χ0) is 16.9. The maximum absolute atomic E-state index is 12.3. The predicted octanol–water partition coefficient (Wildman–Crippen LogP) is 2.54. The van der Waals surface area contributed by atoms with Crippen molar-refractivity contribution < 1.29 is 14.3 Å². The number of rotatable bonds is 4. The van der Waals surface area contributed by atoms with Crippen molar-refractivity contribution in [3.05, 3.63) is 41.5 Å². The minimum Gasteiger partial charge on any atom is -0.454 e. The maximum Gasteiger partial charge on any atom is 0.246 e. The molecule has 128 valence electrons. The lowest BCUT2D eigenvalue weighted by Crippen LogP contribution is -2.46. The highest BCUT2D eigenvalue weighted by Gasteiger charge is 2.17. The van der Waals surface area contributed by atoms with E-state index in [0.717, 1.165) is 55.2 Å². The van der Waals surface area contributed by atoms with Gasteiger partial charge in [0.2, 0.25) is 12.7 Å². The Balaban J connectivity index is 1.66. The van der Waals surface area contributed by atoms with Gasteiger partial charge in [-0.2, -0.15) is 0 Å². The number of allylic oxidation sites excluding steroid dienone is 2. The van der Waals surface area contributed by atoms with Gasteiger partial charge in [-0.1, -0.05) is 25.1 Å². The molecular weight excluding hydrogens is 304 g/mol. The molecule has 2 aliphatic heterocycles. The van der Waals surface area contributed by atoms with Crippen LogP contribution in [0.25, 0.3) is 6.08 Å². The van der Waals surface area contributed by atoms with Crippen LogP contribution in [0.5, 0.6) is 11.5 Å². The van der Waals surface area contributed by atoms with E-state index in [0.29, 0.717) is 0 Å². The van der Waals surface area contributed by atoms with Crippen molar-refractivity contribution in [2.24, 2.45) is 0 Å². The first-order valence-corrected chi connectivity index (χ1v) is 8.41. The molecule has 0 aliphatic carbocycles. The summed E-state index contributed by atoms with van der Waals surface area (Å²) in [6.07, 6.45) is 6.55. The lowest BCUT2D eigenvalue weighted by molar-refractivity contribution is -0.127. The van der Waals surface area contributed by atoms with Crippen molar-refractivity contribution in [2.45, 2.75) is 13.3 Å². The second-order valence-electron chi connectivity index (χ2n) is 6.15. The largest absolute Gasteiger partial charge is 0.454 e. The molecule has 1 aromatic carbocycles. The minimum absolute atomic E-state index is 0.0909. The van der Waals surface area contributed by atoms with Crippen molar-refractivity contribution in [1.82, 2.24) is 9.80 Å². The summed E-state index contributed by atoms with van der Waals surface area (Å²) in [7, 11) is 2.08. The number of nitrogens with zero attached hydrogens (tertiary/aromatic N) is 2. The summed E-state index contributed by atoms with van der Waals surface area (Å²) >= 11 is 0. The zero-order valence-electron chi connectivity index (χ0n) is 14.3. The number of ether oxygens (including phenoxy) is 2. The molecular formula is C19H24N2O3. The van der Waals surface area contributed by atoms with E-state index < -0.39 is 0 Å². The van der Waals surface area contributed by atoms with Crippen LogP contribution in [-0.2, 0) is 4.79 Å². The van der Waals surface area contributed by atoms with Crippen LogP contribution in [0.2, 0.25) is 0 Å². The summed E-state index contributed by atoms with van der Waals surface area (Å²) in [4.78, 5) is 16.4. The fourth-order valence-corrected chi connectivity index (χ4v) is 2.80. The van der Waals surface area contributed by atoms with E-state index >= 15 is 0 Å². The molecule has 0 radical (unpaired) electrons. The molecule has 0 saturated carbocycles. The van der Waals surface area contributed by atoms with Crippen LogP contribution < -0.4 is 9.47 Å². The van der Waals surface area contributed by atoms with Gasteiger partial charge in [-0.3, -0.25) is 4.79 Å². The zero-order valence-corrected chi connectivity index (χ0v) is 14.3. The van der Waals surface area contributed by atoms with Crippen LogP contribution in [0, 0.1) is 0 Å². The third-order valence-electron chi connectivity index (χ3n) is 4.41. The number of hydrogen-bond acceptors (Lipinski definition) is 4. The van der Waals surface area contributed by atoms with Gasteiger partial charge in [-0.25, -0.2) is 0 Å². The molecule has 0 atom stereocenters. The highest BCUT2D eigenvalue weighted by molar-refractivity contribution is 5.88. The number of carbonyl (C=O) groups is 1. The van der Waals surface area contributed by atoms with E-state index in [1.807, 2.05) is 29.2 Å². The first-order chi connectivity index (χ1) is 11.7. The second-order valence-corrected chi connectivity index (χ2v) is 6.15. The summed E-state index contributed by atoms with van der Waals surface area (Å²) in [5.41, 5.74) is 2.16. The van der Waals surface area contributed by atoms with Crippen molar-refractivity contribution in [2.75, 3.05) is 40.0 Å². The van der Waals surface area contributed by atoms with Gasteiger partial charge in [0.1, 0.15) is 0 Å². The molecule has 0 spiro atoms. The first-order valence-electron chi connectivity index (χ1n) is 8.41. The van der Waals surface area contributed by atoms with Crippen LogP contribution in [0.4, 0.5) is 0 Å². The highest BCUT2D eigenvalue weighted by atomic mass is 16.7. The molecule has 0 aromatic heterocycles. The fraction of sp³-hybridized carbons (Fsp3) is 0.421. The number of likely N-dealkylation sites (N-methyl/N-ethyl adjacent to an activating group) is 1. The van der Waals surface area contributed by atoms with Gasteiger partial charge in [0.05, 0.1) is 0 Å². The summed E-state index contributed by atoms with van der Waals surface area (Å²) in [5.74, 6) is 1.65. The Bertz CT molecular complexity index is 659. The second kappa shape index (κ2) is 7.53. The minimum atomic E-state index is 0.0909. The summed E-state index contributed by atoms with van der Waals surface area (Å²) in [6.45, 7) is 5.84. The van der Waals surface area contributed by atoms with Gasteiger partial charge < -0.3 is 19.3 Å². The number of hydrogen-bond donors (Lipinski definition) is 0. The Morgan fingerprint density at radius 1 is 1.12 bits per heavy atom. The van der Waals surface area contributed by atoms with Crippen molar-refractivity contribution in [3.8, 4) is 11.5 Å². The van der Waals surface area contributed by atoms with Gasteiger partial charge in [-0.05, 0) is 36.7 Å². The number of benzene rings is 1. The lowest BCUT2D eigenvalue weighted by atomic mass is 10.1. The average molecular weight is 328 g/mol. The fourth-order valence-electron chi connectivity index (χ4n) is 2.80. The molecule has 2 heterocycles. The first kappa shape index (κ1) is 16.6. The van der Waals surface area contributed by atoms with Crippen LogP contribution in [-0.4, -0.2) is 55.7 Å². The van der Waals surface area contributed by atoms with Crippen LogP contribution in [0.15, 0.2) is 35.9 Å². The number of amides is 1. The standard InChI is InChI=1S/C19H24N2O3/c1-3-15(5-7-19(22)21-10-8-20(2)9-11-21)12-16-4-6-17-18(13-16)24-14-23-17/h4-7,12-13H,3,8-11,14H2,1-2H3/b7-5+,15-12+. The summed E-state index contributed by atoms with van der Waals surface area (Å²) < 4.78 is 10.7. The number of piperazine rings is 1. The monoisotopic (exact) mass is 328 g/mol. The molecule has 2 aliphatic rings. The van der Waals surface area contributed by atoms with Crippen molar-refractivity contribution in [3.63, 3.8) is 0 Å². The summed E-state index contributed by atoms with van der Waals surface area (Å²) in [6, 6.07) is 5.88. The SMILES string of the molecule is CCC(/C=C/C(=O)N1CCN(C)CC1)=C\c1ccc2c(c1)OCO2. The molecule has 0 unspecified atom stereocenters. The van der Waals surface area contributed by atoms with Crippen LogP contribution >= 0.6 is 0 Å². The average Bonchev–Trinajstić information content (AvgIpc) is 3.06. The molecule has 24 heavy (non-hydrogen) atoms. The molecule has 1 saturated heterocycles. The van der Waals surface area contributed by atoms with Crippen molar-refractivity contribution in [1.29, 1.82) is 0 Å². The molecule has 1 amide bonds. The highest BCUT2D eigenvalue weighted by Crippen LogP contribution is 2.33. The smallest absolute Gasteiger partial charge is 0.246 e. The van der Waals surface area contributed by atoms with E-state index in [4.69, 9.17) is 9.47 Å². The van der Waals surface area contributed by atoms with Gasteiger partial charge in [0, 0.05) is 32.3 Å². The Morgan fingerprint density at radius 3 is 2.62 bits per heavy atom. The van der Waals surface area contributed by atoms with Gasteiger partial charge in [-0.15, -0.1) is 0 Å². The van der Waals surface area contributed by atoms with E-state index in [1.165, 1.54) is 0 Å². The van der Waals surface area contributed by atoms with Gasteiger partial charge in [0.25, 0.3) is 0 Å². The molecule has 1 aromatic rings. The quantitative estimate of drug-likeness (QED) is 0.629. The van der Waals surface area contributed by atoms with Crippen LogP contribution in [0.3, 0.4) is 0 Å². The van der Waals surface area contributed by atoms with E-state index in [2.05, 4.69) is 24.9 Å². The number of carbonyl (C=O) groups excluding carboxylic acids is 1. The van der Waals surface area contributed by atoms with E-state index in [9.17, 15) is 4.79 Å². The Labute approximate surface area is 143 Å². The Morgan fingerprint density at radius 2 is 1.88 bits per heavy atom. The van der Waals surface area contributed by atoms with E-state index in [1.54, 1.807) is 6.08 Å². The Kier molecular flexibility index (Phi) is 5.20. The molecule has 3 rings (SSSR count). The molecule has 0 bridgehead atoms. The van der Waals surface area contributed by atoms with Crippen LogP contribution in [0.1, 0.15) is 18.9 Å². The van der Waals surface area contributed by atoms with Gasteiger partial charge >= 0.3 is 0 Å². The molecule has 0 N–H and O–H groups in total. The van der Waals surface area contributed by atoms with E-state index in [-0.39, 0.29) is 12.7 Å². The third-order valence-corrected chi connectivity index (χ3v) is 4.41. The van der Waals surface area contributed by atoms with Gasteiger partial charge in [0.15, 0.2) is 11.5 Å². The molecule has 1 fully saturated rings. The Hall–Kier alpha value is -2.27.